The molecule has 7 heteroatoms. The van der Waals surface area contributed by atoms with Crippen LogP contribution in [0.5, 0.6) is 0 Å². The summed E-state index contributed by atoms with van der Waals surface area (Å²) in [6.07, 6.45) is 0. The van der Waals surface area contributed by atoms with E-state index in [1.807, 2.05) is 13.8 Å². The Morgan fingerprint density at radius 2 is 2.00 bits per heavy atom. The largest absolute Gasteiger partial charge is 0.383 e. The van der Waals surface area contributed by atoms with Crippen LogP contribution >= 0.6 is 0 Å². The molecule has 4 N–H and O–H groups in total. The minimum Gasteiger partial charge on any atom is -0.383 e. The van der Waals surface area contributed by atoms with Crippen LogP contribution in [0.15, 0.2) is 0 Å². The Labute approximate surface area is 108 Å². The molecule has 0 aromatic carbocycles. The molecular weight excluding hydrogens is 236 g/mol. The third-order valence-corrected chi connectivity index (χ3v) is 2.40. The maximum Gasteiger partial charge on any atom is 0.253 e. The van der Waals surface area contributed by atoms with E-state index in [0.29, 0.717) is 12.5 Å². The first-order valence-electron chi connectivity index (χ1n) is 5.88. The Bertz CT molecular complexity index is 271. The summed E-state index contributed by atoms with van der Waals surface area (Å²) in [6.45, 7) is 4.94. The Hall–Kier alpha value is -1.18. The van der Waals surface area contributed by atoms with E-state index in [2.05, 4.69) is 10.7 Å². The second-order valence-electron chi connectivity index (χ2n) is 4.59. The van der Waals surface area contributed by atoms with E-state index in [-0.39, 0.29) is 25.0 Å². The van der Waals surface area contributed by atoms with Crippen molar-refractivity contribution in [1.29, 1.82) is 0 Å². The van der Waals surface area contributed by atoms with Gasteiger partial charge in [0, 0.05) is 13.7 Å². The molecule has 0 aliphatic heterocycles. The van der Waals surface area contributed by atoms with Crippen molar-refractivity contribution in [1.82, 2.24) is 15.6 Å². The third kappa shape index (κ3) is 6.53. The molecule has 0 fully saturated rings. The fraction of sp³-hybridized carbons (Fsp3) is 0.818. The van der Waals surface area contributed by atoms with Gasteiger partial charge in [-0.2, -0.15) is 0 Å². The Morgan fingerprint density at radius 1 is 1.39 bits per heavy atom. The maximum absolute atomic E-state index is 11.6. The molecule has 106 valence electrons. The first-order valence-corrected chi connectivity index (χ1v) is 5.88. The summed E-state index contributed by atoms with van der Waals surface area (Å²) in [4.78, 5) is 24.7. The third-order valence-electron chi connectivity index (χ3n) is 2.40. The predicted molar refractivity (Wildman–Crippen MR) is 68.5 cm³/mol. The lowest BCUT2D eigenvalue weighted by Crippen LogP contribution is -2.52. The summed E-state index contributed by atoms with van der Waals surface area (Å²) in [5, 5.41) is 2.78. The highest BCUT2D eigenvalue weighted by Crippen LogP contribution is 1.97. The van der Waals surface area contributed by atoms with Gasteiger partial charge in [-0.05, 0) is 13.0 Å². The average Bonchev–Trinajstić information content (AvgIpc) is 2.32. The van der Waals surface area contributed by atoms with Crippen molar-refractivity contribution in [2.75, 3.05) is 33.9 Å². The molecule has 1 unspecified atom stereocenters. The number of nitrogens with one attached hydrogen (secondary N) is 2. The lowest BCUT2D eigenvalue weighted by Gasteiger charge is -2.25. The lowest BCUT2D eigenvalue weighted by atomic mass is 10.2. The van der Waals surface area contributed by atoms with Crippen molar-refractivity contribution in [2.45, 2.75) is 19.9 Å². The molecule has 0 spiro atoms. The standard InChI is InChI=1S/C11H24N4O3/c1-8(2)5-13-10(16)6-15(3)9(7-18-4)11(17)14-12/h8-9H,5-7,12H2,1-4H3,(H,13,16)(H,14,17). The zero-order chi connectivity index (χ0) is 14.1. The van der Waals surface area contributed by atoms with E-state index in [0.717, 1.165) is 0 Å². The molecule has 2 amide bonds. The minimum atomic E-state index is -0.579. The van der Waals surface area contributed by atoms with E-state index in [1.165, 1.54) is 7.11 Å². The van der Waals surface area contributed by atoms with Crippen LogP contribution < -0.4 is 16.6 Å². The lowest BCUT2D eigenvalue weighted by molar-refractivity contribution is -0.130. The van der Waals surface area contributed by atoms with Crippen molar-refractivity contribution in [3.8, 4) is 0 Å². The molecule has 0 rings (SSSR count). The molecule has 0 aliphatic carbocycles. The van der Waals surface area contributed by atoms with Crippen LogP contribution in [0.2, 0.25) is 0 Å². The fourth-order valence-corrected chi connectivity index (χ4v) is 1.37. The number of likely N-dealkylation sites (N-methyl/N-ethyl adjacent to an activating group) is 1. The smallest absolute Gasteiger partial charge is 0.253 e. The molecule has 0 saturated heterocycles. The second kappa shape index (κ2) is 8.84. The van der Waals surface area contributed by atoms with E-state index in [4.69, 9.17) is 10.6 Å². The Balaban J connectivity index is 4.28. The molecule has 18 heavy (non-hydrogen) atoms. The summed E-state index contributed by atoms with van der Waals surface area (Å²) in [5.74, 6) is 4.97. The normalized spacial score (nSPS) is 12.6. The van der Waals surface area contributed by atoms with Gasteiger partial charge in [0.15, 0.2) is 0 Å². The van der Waals surface area contributed by atoms with Crippen LogP contribution in [0.1, 0.15) is 13.8 Å². The van der Waals surface area contributed by atoms with Crippen LogP contribution in [0.25, 0.3) is 0 Å². The molecular formula is C11H24N4O3. The minimum absolute atomic E-state index is 0.119. The zero-order valence-electron chi connectivity index (χ0n) is 11.5. The molecule has 0 heterocycles. The molecule has 0 aromatic heterocycles. The molecule has 0 aliphatic rings. The molecule has 0 bridgehead atoms. The van der Waals surface area contributed by atoms with Crippen molar-refractivity contribution >= 4 is 11.8 Å². The van der Waals surface area contributed by atoms with Gasteiger partial charge in [-0.3, -0.25) is 19.9 Å². The first kappa shape index (κ1) is 16.8. The highest BCUT2D eigenvalue weighted by atomic mass is 16.5. The number of amides is 2. The Kier molecular flexibility index (Phi) is 8.27. The molecule has 7 nitrogen and oxygen atoms in total. The summed E-state index contributed by atoms with van der Waals surface area (Å²) in [7, 11) is 3.16. The monoisotopic (exact) mass is 260 g/mol. The number of methoxy groups -OCH3 is 1. The SMILES string of the molecule is COCC(C(=O)NN)N(C)CC(=O)NCC(C)C. The maximum atomic E-state index is 11.6. The number of nitrogens with zero attached hydrogens (tertiary/aromatic N) is 1. The van der Waals surface area contributed by atoms with Gasteiger partial charge < -0.3 is 10.1 Å². The van der Waals surface area contributed by atoms with Crippen molar-refractivity contribution in [3.05, 3.63) is 0 Å². The number of nitrogens with two attached hydrogens (primary N) is 1. The quantitative estimate of drug-likeness (QED) is 0.286. The number of hydrogen-bond acceptors (Lipinski definition) is 5. The van der Waals surface area contributed by atoms with Gasteiger partial charge in [-0.15, -0.1) is 0 Å². The van der Waals surface area contributed by atoms with E-state index in [9.17, 15) is 9.59 Å². The molecule has 0 saturated carbocycles. The average molecular weight is 260 g/mol. The highest BCUT2D eigenvalue weighted by Gasteiger charge is 2.23. The van der Waals surface area contributed by atoms with E-state index < -0.39 is 6.04 Å². The van der Waals surface area contributed by atoms with E-state index in [1.54, 1.807) is 11.9 Å². The summed E-state index contributed by atoms with van der Waals surface area (Å²) in [6, 6.07) is -0.579. The molecule has 1 atom stereocenters. The summed E-state index contributed by atoms with van der Waals surface area (Å²) in [5.41, 5.74) is 2.06. The van der Waals surface area contributed by atoms with Gasteiger partial charge in [0.2, 0.25) is 5.91 Å². The van der Waals surface area contributed by atoms with Gasteiger partial charge in [-0.25, -0.2) is 5.84 Å². The number of rotatable bonds is 8. The van der Waals surface area contributed by atoms with Gasteiger partial charge in [0.05, 0.1) is 13.2 Å². The predicted octanol–water partition coefficient (Wildman–Crippen LogP) is -1.30. The number of ether oxygens (including phenoxy) is 1. The van der Waals surface area contributed by atoms with Crippen LogP contribution in [0, 0.1) is 5.92 Å². The van der Waals surface area contributed by atoms with Gasteiger partial charge in [-0.1, -0.05) is 13.8 Å². The van der Waals surface area contributed by atoms with Gasteiger partial charge in [0.1, 0.15) is 6.04 Å². The van der Waals surface area contributed by atoms with Crippen molar-refractivity contribution in [2.24, 2.45) is 11.8 Å². The first-order chi connectivity index (χ1) is 8.42. The number of carbonyl (C=O) groups is 2. The van der Waals surface area contributed by atoms with Crippen LogP contribution in [0.3, 0.4) is 0 Å². The van der Waals surface area contributed by atoms with Crippen molar-refractivity contribution in [3.63, 3.8) is 0 Å². The molecule has 0 radical (unpaired) electrons. The van der Waals surface area contributed by atoms with Crippen LogP contribution in [-0.2, 0) is 14.3 Å². The second-order valence-corrected chi connectivity index (χ2v) is 4.59. The van der Waals surface area contributed by atoms with Gasteiger partial charge >= 0.3 is 0 Å². The summed E-state index contributed by atoms with van der Waals surface area (Å²) >= 11 is 0. The number of hydrazine groups is 1. The fourth-order valence-electron chi connectivity index (χ4n) is 1.37. The van der Waals surface area contributed by atoms with Crippen LogP contribution in [-0.4, -0.2) is 56.6 Å². The zero-order valence-corrected chi connectivity index (χ0v) is 11.5. The number of hydrogen-bond donors (Lipinski definition) is 3. The van der Waals surface area contributed by atoms with E-state index >= 15 is 0 Å². The van der Waals surface area contributed by atoms with Crippen LogP contribution in [0.4, 0.5) is 0 Å². The van der Waals surface area contributed by atoms with Crippen molar-refractivity contribution < 1.29 is 14.3 Å². The summed E-state index contributed by atoms with van der Waals surface area (Å²) < 4.78 is 4.94. The van der Waals surface area contributed by atoms with Gasteiger partial charge in [0.25, 0.3) is 5.91 Å². The highest BCUT2D eigenvalue weighted by molar-refractivity contribution is 5.83. The Morgan fingerprint density at radius 3 is 2.44 bits per heavy atom. The molecule has 0 aromatic rings. The number of carbonyl (C=O) groups excluding carboxylic acids is 2. The topological polar surface area (TPSA) is 96.7 Å².